The molecule has 0 radical (unpaired) electrons. The standard InChI is InChI=1S/C13H21N5O/c1-10-11(13(19-3)18(2)17-10)9-14-6-4-5-12-15-7-8-16-12/h7-8,14H,4-6,9H2,1-3H3,(H,15,16). The summed E-state index contributed by atoms with van der Waals surface area (Å²) in [4.78, 5) is 7.30. The maximum Gasteiger partial charge on any atom is 0.216 e. The van der Waals surface area contributed by atoms with Gasteiger partial charge in [-0.3, -0.25) is 0 Å². The summed E-state index contributed by atoms with van der Waals surface area (Å²) in [5.74, 6) is 1.87. The third-order valence-electron chi connectivity index (χ3n) is 3.11. The number of hydrogen-bond donors (Lipinski definition) is 2. The van der Waals surface area contributed by atoms with E-state index in [1.165, 1.54) is 0 Å². The lowest BCUT2D eigenvalue weighted by Gasteiger charge is -2.06. The predicted octanol–water partition coefficient (Wildman–Crippen LogP) is 1.18. The van der Waals surface area contributed by atoms with E-state index in [4.69, 9.17) is 4.74 Å². The normalized spacial score (nSPS) is 10.9. The van der Waals surface area contributed by atoms with Crippen LogP contribution in [0.5, 0.6) is 5.88 Å². The molecule has 2 rings (SSSR count). The van der Waals surface area contributed by atoms with Crippen molar-refractivity contribution < 1.29 is 4.74 Å². The number of aromatic amines is 1. The molecule has 2 heterocycles. The van der Waals surface area contributed by atoms with Gasteiger partial charge in [0.1, 0.15) is 5.82 Å². The first-order valence-electron chi connectivity index (χ1n) is 6.47. The van der Waals surface area contributed by atoms with Crippen molar-refractivity contribution in [3.05, 3.63) is 29.5 Å². The molecule has 0 spiro atoms. The van der Waals surface area contributed by atoms with Crippen molar-refractivity contribution in [1.82, 2.24) is 25.1 Å². The van der Waals surface area contributed by atoms with E-state index in [1.807, 2.05) is 20.2 Å². The number of aryl methyl sites for hydroxylation is 3. The van der Waals surface area contributed by atoms with E-state index in [0.717, 1.165) is 48.9 Å². The van der Waals surface area contributed by atoms with Crippen LogP contribution < -0.4 is 10.1 Å². The molecule has 19 heavy (non-hydrogen) atoms. The maximum absolute atomic E-state index is 5.36. The van der Waals surface area contributed by atoms with Crippen molar-refractivity contribution in [2.45, 2.75) is 26.3 Å². The van der Waals surface area contributed by atoms with Crippen LogP contribution >= 0.6 is 0 Å². The summed E-state index contributed by atoms with van der Waals surface area (Å²) in [7, 11) is 3.57. The highest BCUT2D eigenvalue weighted by Crippen LogP contribution is 2.20. The van der Waals surface area contributed by atoms with Crippen molar-refractivity contribution in [3.63, 3.8) is 0 Å². The van der Waals surface area contributed by atoms with E-state index in [2.05, 4.69) is 20.4 Å². The summed E-state index contributed by atoms with van der Waals surface area (Å²) in [6, 6.07) is 0. The van der Waals surface area contributed by atoms with Crippen LogP contribution in [0, 0.1) is 6.92 Å². The lowest BCUT2D eigenvalue weighted by atomic mass is 10.2. The van der Waals surface area contributed by atoms with Gasteiger partial charge >= 0.3 is 0 Å². The Labute approximate surface area is 113 Å². The number of nitrogens with zero attached hydrogens (tertiary/aromatic N) is 3. The van der Waals surface area contributed by atoms with Crippen molar-refractivity contribution >= 4 is 0 Å². The monoisotopic (exact) mass is 263 g/mol. The van der Waals surface area contributed by atoms with E-state index in [-0.39, 0.29) is 0 Å². The van der Waals surface area contributed by atoms with Crippen molar-refractivity contribution in [3.8, 4) is 5.88 Å². The molecule has 6 nitrogen and oxygen atoms in total. The van der Waals surface area contributed by atoms with E-state index >= 15 is 0 Å². The fourth-order valence-electron chi connectivity index (χ4n) is 2.17. The summed E-state index contributed by atoms with van der Waals surface area (Å²) in [5, 5.41) is 7.78. The van der Waals surface area contributed by atoms with Gasteiger partial charge in [0, 0.05) is 32.4 Å². The Balaban J connectivity index is 1.76. The Morgan fingerprint density at radius 1 is 1.47 bits per heavy atom. The smallest absolute Gasteiger partial charge is 0.216 e. The molecule has 0 unspecified atom stereocenters. The van der Waals surface area contributed by atoms with Gasteiger partial charge in [-0.15, -0.1) is 0 Å². The Hall–Kier alpha value is -1.82. The summed E-state index contributed by atoms with van der Waals surface area (Å²) in [5.41, 5.74) is 2.14. The zero-order chi connectivity index (χ0) is 13.7. The first-order chi connectivity index (χ1) is 9.22. The summed E-state index contributed by atoms with van der Waals surface area (Å²) >= 11 is 0. The lowest BCUT2D eigenvalue weighted by molar-refractivity contribution is 0.368. The van der Waals surface area contributed by atoms with E-state index < -0.39 is 0 Å². The van der Waals surface area contributed by atoms with Gasteiger partial charge in [0.25, 0.3) is 0 Å². The largest absolute Gasteiger partial charge is 0.481 e. The topological polar surface area (TPSA) is 67.8 Å². The summed E-state index contributed by atoms with van der Waals surface area (Å²) in [6.45, 7) is 3.72. The minimum absolute atomic E-state index is 0.779. The minimum atomic E-state index is 0.779. The number of aromatic nitrogens is 4. The Morgan fingerprint density at radius 2 is 2.32 bits per heavy atom. The Morgan fingerprint density at radius 3 is 3.00 bits per heavy atom. The van der Waals surface area contributed by atoms with Gasteiger partial charge in [-0.2, -0.15) is 5.10 Å². The van der Waals surface area contributed by atoms with Crippen LogP contribution in [0.4, 0.5) is 0 Å². The molecule has 2 aromatic heterocycles. The van der Waals surface area contributed by atoms with Gasteiger partial charge < -0.3 is 15.0 Å². The van der Waals surface area contributed by atoms with Crippen LogP contribution in [-0.2, 0) is 20.0 Å². The van der Waals surface area contributed by atoms with Gasteiger partial charge in [0.15, 0.2) is 0 Å². The van der Waals surface area contributed by atoms with Gasteiger partial charge in [-0.05, 0) is 19.9 Å². The van der Waals surface area contributed by atoms with Crippen molar-refractivity contribution in [1.29, 1.82) is 0 Å². The molecule has 0 aliphatic carbocycles. The quantitative estimate of drug-likeness (QED) is 0.736. The molecule has 0 atom stereocenters. The molecule has 0 aromatic carbocycles. The second-order valence-corrected chi connectivity index (χ2v) is 4.51. The molecule has 0 amide bonds. The van der Waals surface area contributed by atoms with Gasteiger partial charge in [0.05, 0.1) is 18.4 Å². The number of imidazole rings is 1. The van der Waals surface area contributed by atoms with E-state index in [0.29, 0.717) is 0 Å². The number of rotatable bonds is 7. The second-order valence-electron chi connectivity index (χ2n) is 4.51. The average molecular weight is 263 g/mol. The van der Waals surface area contributed by atoms with Gasteiger partial charge in [-0.25, -0.2) is 9.67 Å². The maximum atomic E-state index is 5.36. The third-order valence-corrected chi connectivity index (χ3v) is 3.11. The molecule has 2 N–H and O–H groups in total. The van der Waals surface area contributed by atoms with E-state index in [9.17, 15) is 0 Å². The molecule has 104 valence electrons. The molecular formula is C13H21N5O. The molecule has 0 fully saturated rings. The van der Waals surface area contributed by atoms with E-state index in [1.54, 1.807) is 18.0 Å². The lowest BCUT2D eigenvalue weighted by Crippen LogP contribution is -2.16. The number of H-pyrrole nitrogens is 1. The highest BCUT2D eigenvalue weighted by atomic mass is 16.5. The summed E-state index contributed by atoms with van der Waals surface area (Å²) in [6.07, 6.45) is 5.65. The molecule has 0 aliphatic heterocycles. The van der Waals surface area contributed by atoms with Crippen LogP contribution in [0.1, 0.15) is 23.5 Å². The highest BCUT2D eigenvalue weighted by Gasteiger charge is 2.12. The van der Waals surface area contributed by atoms with Crippen LogP contribution in [0.3, 0.4) is 0 Å². The number of methoxy groups -OCH3 is 1. The number of nitrogens with one attached hydrogen (secondary N) is 2. The van der Waals surface area contributed by atoms with Crippen LogP contribution in [-0.4, -0.2) is 33.4 Å². The second kappa shape index (κ2) is 6.38. The molecule has 6 heteroatoms. The predicted molar refractivity (Wildman–Crippen MR) is 73.1 cm³/mol. The van der Waals surface area contributed by atoms with Gasteiger partial charge in [-0.1, -0.05) is 0 Å². The van der Waals surface area contributed by atoms with Crippen molar-refractivity contribution in [2.24, 2.45) is 7.05 Å². The fraction of sp³-hybridized carbons (Fsp3) is 0.538. The average Bonchev–Trinajstić information content (AvgIpc) is 2.98. The van der Waals surface area contributed by atoms with Crippen LogP contribution in [0.15, 0.2) is 12.4 Å². The Bertz CT molecular complexity index is 503. The first kappa shape index (κ1) is 13.6. The fourth-order valence-corrected chi connectivity index (χ4v) is 2.17. The molecular weight excluding hydrogens is 242 g/mol. The summed E-state index contributed by atoms with van der Waals surface area (Å²) < 4.78 is 7.13. The SMILES string of the molecule is COc1c(CNCCCc2ncc[nH]2)c(C)nn1C. The minimum Gasteiger partial charge on any atom is -0.481 e. The number of ether oxygens (including phenoxy) is 1. The zero-order valence-corrected chi connectivity index (χ0v) is 11.7. The van der Waals surface area contributed by atoms with Crippen LogP contribution in [0.2, 0.25) is 0 Å². The zero-order valence-electron chi connectivity index (χ0n) is 11.7. The third kappa shape index (κ3) is 3.35. The Kier molecular flexibility index (Phi) is 4.57. The molecule has 0 aliphatic rings. The van der Waals surface area contributed by atoms with Crippen molar-refractivity contribution in [2.75, 3.05) is 13.7 Å². The first-order valence-corrected chi connectivity index (χ1v) is 6.47. The molecule has 0 saturated carbocycles. The van der Waals surface area contributed by atoms with Crippen LogP contribution in [0.25, 0.3) is 0 Å². The molecule has 2 aromatic rings. The molecule has 0 saturated heterocycles. The highest BCUT2D eigenvalue weighted by molar-refractivity contribution is 5.30. The van der Waals surface area contributed by atoms with Gasteiger partial charge in [0.2, 0.25) is 5.88 Å². The molecule has 0 bridgehead atoms. The number of hydrogen-bond acceptors (Lipinski definition) is 4.